The van der Waals surface area contributed by atoms with Crippen molar-refractivity contribution in [3.63, 3.8) is 0 Å². The molecule has 2 nitrogen and oxygen atoms in total. The molecule has 0 fully saturated rings. The smallest absolute Gasteiger partial charge is 0.276 e. The van der Waals surface area contributed by atoms with Crippen LogP contribution in [0.3, 0.4) is 0 Å². The predicted molar refractivity (Wildman–Crippen MR) is 51.1 cm³/mol. The average Bonchev–Trinajstić information content (AvgIpc) is 2.15. The Balaban J connectivity index is 3.70. The van der Waals surface area contributed by atoms with Gasteiger partial charge >= 0.3 is 6.18 Å². The fourth-order valence-corrected chi connectivity index (χ4v) is 1.47. The Morgan fingerprint density at radius 1 is 1.44 bits per heavy atom. The van der Waals surface area contributed by atoms with E-state index < -0.39 is 28.1 Å². The maximum absolute atomic E-state index is 12.7. The number of nitriles is 1. The molecule has 0 saturated carbocycles. The van der Waals surface area contributed by atoms with E-state index in [-0.39, 0.29) is 5.56 Å². The highest BCUT2D eigenvalue weighted by molar-refractivity contribution is 6.68. The zero-order chi connectivity index (χ0) is 12.5. The van der Waals surface area contributed by atoms with Gasteiger partial charge in [-0.25, -0.2) is 0 Å². The third kappa shape index (κ3) is 2.17. The summed E-state index contributed by atoms with van der Waals surface area (Å²) in [5.41, 5.74) is -2.39. The summed E-state index contributed by atoms with van der Waals surface area (Å²) in [6.07, 6.45) is -4.78. The van der Waals surface area contributed by atoms with E-state index in [9.17, 15) is 18.0 Å². The standard InChI is InChI=1S/C10H5ClF3NO/c1-5-2-3-6(9(11)16)8(7(5)4-15)10(12,13)14/h2-3H,1H3. The highest BCUT2D eigenvalue weighted by atomic mass is 35.5. The maximum atomic E-state index is 12.7. The summed E-state index contributed by atoms with van der Waals surface area (Å²) in [4.78, 5) is 10.8. The van der Waals surface area contributed by atoms with Crippen molar-refractivity contribution in [1.29, 1.82) is 5.26 Å². The maximum Gasteiger partial charge on any atom is 0.418 e. The summed E-state index contributed by atoms with van der Waals surface area (Å²) in [5, 5.41) is 7.43. The summed E-state index contributed by atoms with van der Waals surface area (Å²) < 4.78 is 38.0. The molecule has 0 aliphatic rings. The van der Waals surface area contributed by atoms with Gasteiger partial charge in [0.05, 0.1) is 11.1 Å². The first-order valence-electron chi connectivity index (χ1n) is 4.09. The highest BCUT2D eigenvalue weighted by Crippen LogP contribution is 2.36. The first kappa shape index (κ1) is 12.5. The number of hydrogen-bond acceptors (Lipinski definition) is 2. The second kappa shape index (κ2) is 4.14. The van der Waals surface area contributed by atoms with E-state index >= 15 is 0 Å². The summed E-state index contributed by atoms with van der Waals surface area (Å²) in [6, 6.07) is 3.65. The lowest BCUT2D eigenvalue weighted by atomic mass is 9.97. The predicted octanol–water partition coefficient (Wildman–Crippen LogP) is 3.26. The van der Waals surface area contributed by atoms with E-state index in [0.29, 0.717) is 0 Å². The van der Waals surface area contributed by atoms with Gasteiger partial charge in [0.2, 0.25) is 0 Å². The Kier molecular flexibility index (Phi) is 3.24. The van der Waals surface area contributed by atoms with E-state index in [4.69, 9.17) is 16.9 Å². The molecule has 0 heterocycles. The Morgan fingerprint density at radius 2 is 2.00 bits per heavy atom. The topological polar surface area (TPSA) is 40.9 Å². The van der Waals surface area contributed by atoms with Gasteiger partial charge in [-0.05, 0) is 30.2 Å². The van der Waals surface area contributed by atoms with Gasteiger partial charge in [-0.2, -0.15) is 18.4 Å². The molecule has 0 saturated heterocycles. The average molecular weight is 248 g/mol. The minimum Gasteiger partial charge on any atom is -0.276 e. The lowest BCUT2D eigenvalue weighted by Gasteiger charge is -2.13. The van der Waals surface area contributed by atoms with Crippen LogP contribution in [0.2, 0.25) is 0 Å². The monoisotopic (exact) mass is 247 g/mol. The molecule has 1 rings (SSSR count). The summed E-state index contributed by atoms with van der Waals surface area (Å²) in [6.45, 7) is 1.36. The SMILES string of the molecule is Cc1ccc(C(=O)Cl)c(C(F)(F)F)c1C#N. The lowest BCUT2D eigenvalue weighted by molar-refractivity contribution is -0.138. The van der Waals surface area contributed by atoms with Crippen LogP contribution in [0.4, 0.5) is 13.2 Å². The molecule has 0 bridgehead atoms. The van der Waals surface area contributed by atoms with Crippen LogP contribution in [-0.4, -0.2) is 5.24 Å². The van der Waals surface area contributed by atoms with E-state index in [1.54, 1.807) is 0 Å². The number of benzene rings is 1. The third-order valence-electron chi connectivity index (χ3n) is 2.02. The van der Waals surface area contributed by atoms with Gasteiger partial charge in [0.15, 0.2) is 0 Å². The second-order valence-corrected chi connectivity index (χ2v) is 3.41. The fourth-order valence-electron chi connectivity index (χ4n) is 1.31. The number of alkyl halides is 3. The number of aryl methyl sites for hydroxylation is 1. The Labute approximate surface area is 94.2 Å². The van der Waals surface area contributed by atoms with Gasteiger partial charge in [0.25, 0.3) is 5.24 Å². The molecule has 0 aromatic heterocycles. The quantitative estimate of drug-likeness (QED) is 0.715. The minimum atomic E-state index is -4.78. The molecule has 0 amide bonds. The van der Waals surface area contributed by atoms with Crippen LogP contribution in [-0.2, 0) is 6.18 Å². The zero-order valence-corrected chi connectivity index (χ0v) is 8.78. The molecule has 84 valence electrons. The number of carbonyl (C=O) groups is 1. The van der Waals surface area contributed by atoms with Crippen molar-refractivity contribution < 1.29 is 18.0 Å². The van der Waals surface area contributed by atoms with Crippen molar-refractivity contribution in [3.8, 4) is 6.07 Å². The summed E-state index contributed by atoms with van der Waals surface area (Å²) in [7, 11) is 0. The number of hydrogen-bond donors (Lipinski definition) is 0. The van der Waals surface area contributed by atoms with Crippen LogP contribution in [0.15, 0.2) is 12.1 Å². The number of carbonyl (C=O) groups excluding carboxylic acids is 1. The zero-order valence-electron chi connectivity index (χ0n) is 8.02. The molecule has 0 spiro atoms. The van der Waals surface area contributed by atoms with Gasteiger partial charge in [-0.1, -0.05) is 6.07 Å². The van der Waals surface area contributed by atoms with Crippen LogP contribution < -0.4 is 0 Å². The van der Waals surface area contributed by atoms with Crippen LogP contribution in [0.1, 0.15) is 27.0 Å². The normalized spacial score (nSPS) is 11.0. The molecule has 1 aromatic carbocycles. The van der Waals surface area contributed by atoms with Crippen molar-refractivity contribution in [2.24, 2.45) is 0 Å². The van der Waals surface area contributed by atoms with Gasteiger partial charge in [0.1, 0.15) is 6.07 Å². The number of rotatable bonds is 1. The Morgan fingerprint density at radius 3 is 2.38 bits per heavy atom. The first-order valence-corrected chi connectivity index (χ1v) is 4.47. The third-order valence-corrected chi connectivity index (χ3v) is 2.22. The van der Waals surface area contributed by atoms with Crippen molar-refractivity contribution in [3.05, 3.63) is 34.4 Å². The molecular formula is C10H5ClF3NO. The van der Waals surface area contributed by atoms with E-state index in [2.05, 4.69) is 0 Å². The molecule has 1 aromatic rings. The molecular weight excluding hydrogens is 243 g/mol. The molecule has 0 aliphatic carbocycles. The molecule has 0 N–H and O–H groups in total. The first-order chi connectivity index (χ1) is 7.29. The van der Waals surface area contributed by atoms with Crippen molar-refractivity contribution in [2.75, 3.05) is 0 Å². The van der Waals surface area contributed by atoms with Crippen molar-refractivity contribution in [1.82, 2.24) is 0 Å². The molecule has 6 heteroatoms. The van der Waals surface area contributed by atoms with Crippen LogP contribution in [0.25, 0.3) is 0 Å². The molecule has 0 radical (unpaired) electrons. The summed E-state index contributed by atoms with van der Waals surface area (Å²) >= 11 is 5.05. The number of halogens is 4. The van der Waals surface area contributed by atoms with Gasteiger partial charge in [0, 0.05) is 5.56 Å². The Bertz CT molecular complexity index is 488. The molecule has 0 atom stereocenters. The van der Waals surface area contributed by atoms with Crippen LogP contribution in [0, 0.1) is 18.3 Å². The van der Waals surface area contributed by atoms with Gasteiger partial charge in [-0.3, -0.25) is 4.79 Å². The van der Waals surface area contributed by atoms with Crippen molar-refractivity contribution in [2.45, 2.75) is 13.1 Å². The minimum absolute atomic E-state index is 0.150. The molecule has 0 aliphatic heterocycles. The number of nitrogens with zero attached hydrogens (tertiary/aromatic N) is 1. The second-order valence-electron chi connectivity index (χ2n) is 3.06. The van der Waals surface area contributed by atoms with Crippen molar-refractivity contribution >= 4 is 16.8 Å². The van der Waals surface area contributed by atoms with Gasteiger partial charge < -0.3 is 0 Å². The largest absolute Gasteiger partial charge is 0.418 e. The van der Waals surface area contributed by atoms with E-state index in [1.165, 1.54) is 19.1 Å². The fraction of sp³-hybridized carbons (Fsp3) is 0.200. The van der Waals surface area contributed by atoms with E-state index in [0.717, 1.165) is 6.07 Å². The van der Waals surface area contributed by atoms with Gasteiger partial charge in [-0.15, -0.1) is 0 Å². The lowest BCUT2D eigenvalue weighted by Crippen LogP contribution is -2.14. The summed E-state index contributed by atoms with van der Waals surface area (Å²) in [5.74, 6) is 0. The van der Waals surface area contributed by atoms with Crippen LogP contribution in [0.5, 0.6) is 0 Å². The Hall–Kier alpha value is -1.54. The molecule has 16 heavy (non-hydrogen) atoms. The van der Waals surface area contributed by atoms with Crippen LogP contribution >= 0.6 is 11.6 Å². The molecule has 0 unspecified atom stereocenters. The van der Waals surface area contributed by atoms with E-state index in [1.807, 2.05) is 0 Å². The highest BCUT2D eigenvalue weighted by Gasteiger charge is 2.38.